The number of aliphatic imine (C=N–C) groups is 1. The summed E-state index contributed by atoms with van der Waals surface area (Å²) in [5.74, 6) is 0. The van der Waals surface area contributed by atoms with E-state index < -0.39 is 0 Å². The molecule has 0 N–H and O–H groups in total. The Labute approximate surface area is 111 Å². The van der Waals surface area contributed by atoms with E-state index in [1.54, 1.807) is 6.21 Å². The predicted octanol–water partition coefficient (Wildman–Crippen LogP) is 5.05. The van der Waals surface area contributed by atoms with Crippen LogP contribution in [0.15, 0.2) is 47.5 Å². The van der Waals surface area contributed by atoms with Crippen molar-refractivity contribution in [2.75, 3.05) is 0 Å². The van der Waals surface area contributed by atoms with Crippen LogP contribution in [0.1, 0.15) is 11.1 Å². The second kappa shape index (κ2) is 5.35. The van der Waals surface area contributed by atoms with Crippen LogP contribution in [-0.2, 0) is 0 Å². The van der Waals surface area contributed by atoms with Crippen molar-refractivity contribution in [3.05, 3.63) is 63.6 Å². The third kappa shape index (κ3) is 3.09. The van der Waals surface area contributed by atoms with E-state index >= 15 is 0 Å². The minimum Gasteiger partial charge on any atom is -0.256 e. The lowest BCUT2D eigenvalue weighted by atomic mass is 10.2. The molecule has 17 heavy (non-hydrogen) atoms. The van der Waals surface area contributed by atoms with Crippen LogP contribution in [0.2, 0.25) is 10.0 Å². The summed E-state index contributed by atoms with van der Waals surface area (Å²) in [7, 11) is 0. The van der Waals surface area contributed by atoms with Gasteiger partial charge >= 0.3 is 0 Å². The first-order valence-corrected chi connectivity index (χ1v) is 5.97. The average Bonchev–Trinajstić information content (AvgIpc) is 2.31. The van der Waals surface area contributed by atoms with Gasteiger partial charge in [-0.05, 0) is 42.3 Å². The zero-order valence-electron chi connectivity index (χ0n) is 9.32. The van der Waals surface area contributed by atoms with E-state index in [1.807, 2.05) is 49.4 Å². The lowest BCUT2D eigenvalue weighted by Gasteiger charge is -2.01. The molecule has 0 atom stereocenters. The topological polar surface area (TPSA) is 12.4 Å². The molecule has 0 aromatic heterocycles. The normalized spacial score (nSPS) is 11.0. The molecule has 0 saturated heterocycles. The van der Waals surface area contributed by atoms with E-state index in [-0.39, 0.29) is 0 Å². The first-order chi connectivity index (χ1) is 8.16. The maximum Gasteiger partial charge on any atom is 0.0673 e. The summed E-state index contributed by atoms with van der Waals surface area (Å²) in [5.41, 5.74) is 2.82. The van der Waals surface area contributed by atoms with Crippen molar-refractivity contribution in [2.24, 2.45) is 4.99 Å². The van der Waals surface area contributed by atoms with Crippen LogP contribution in [0.4, 0.5) is 5.69 Å². The predicted molar refractivity (Wildman–Crippen MR) is 74.9 cm³/mol. The second-order valence-electron chi connectivity index (χ2n) is 3.70. The summed E-state index contributed by atoms with van der Waals surface area (Å²) < 4.78 is 0. The molecule has 2 aromatic rings. The molecule has 3 heteroatoms. The number of rotatable bonds is 2. The van der Waals surface area contributed by atoms with Gasteiger partial charge in [-0.25, -0.2) is 0 Å². The van der Waals surface area contributed by atoms with Crippen LogP contribution in [0.3, 0.4) is 0 Å². The van der Waals surface area contributed by atoms with Crippen molar-refractivity contribution < 1.29 is 0 Å². The van der Waals surface area contributed by atoms with Gasteiger partial charge in [-0.15, -0.1) is 0 Å². The second-order valence-corrected chi connectivity index (χ2v) is 4.54. The molecular weight excluding hydrogens is 253 g/mol. The number of nitrogens with zero attached hydrogens (tertiary/aromatic N) is 1. The third-order valence-electron chi connectivity index (χ3n) is 2.44. The number of benzene rings is 2. The van der Waals surface area contributed by atoms with Crippen LogP contribution in [0.25, 0.3) is 0 Å². The van der Waals surface area contributed by atoms with Crippen molar-refractivity contribution in [1.29, 1.82) is 0 Å². The van der Waals surface area contributed by atoms with E-state index in [9.17, 15) is 0 Å². The molecule has 0 aliphatic heterocycles. The van der Waals surface area contributed by atoms with Crippen LogP contribution in [0, 0.1) is 6.92 Å². The zero-order chi connectivity index (χ0) is 12.3. The highest BCUT2D eigenvalue weighted by Crippen LogP contribution is 2.25. The van der Waals surface area contributed by atoms with Gasteiger partial charge in [-0.3, -0.25) is 4.99 Å². The van der Waals surface area contributed by atoms with E-state index in [2.05, 4.69) is 4.99 Å². The summed E-state index contributed by atoms with van der Waals surface area (Å²) in [6, 6.07) is 13.2. The van der Waals surface area contributed by atoms with Gasteiger partial charge in [0.1, 0.15) is 0 Å². The van der Waals surface area contributed by atoms with E-state index in [4.69, 9.17) is 23.2 Å². The highest BCUT2D eigenvalue weighted by molar-refractivity contribution is 6.31. The van der Waals surface area contributed by atoms with E-state index in [1.165, 1.54) is 0 Å². The quantitative estimate of drug-likeness (QED) is 0.673. The molecule has 86 valence electrons. The smallest absolute Gasteiger partial charge is 0.0673 e. The van der Waals surface area contributed by atoms with Gasteiger partial charge in [-0.1, -0.05) is 41.4 Å². The van der Waals surface area contributed by atoms with Crippen molar-refractivity contribution in [2.45, 2.75) is 6.92 Å². The molecule has 0 unspecified atom stereocenters. The largest absolute Gasteiger partial charge is 0.256 e. The van der Waals surface area contributed by atoms with Crippen molar-refractivity contribution in [3.8, 4) is 0 Å². The zero-order valence-corrected chi connectivity index (χ0v) is 10.8. The van der Waals surface area contributed by atoms with Gasteiger partial charge in [0.15, 0.2) is 0 Å². The minimum absolute atomic E-state index is 0.705. The molecule has 1 nitrogen and oxygen atoms in total. The Morgan fingerprint density at radius 3 is 2.59 bits per heavy atom. The van der Waals surface area contributed by atoms with Crippen molar-refractivity contribution >= 4 is 35.1 Å². The summed E-state index contributed by atoms with van der Waals surface area (Å²) >= 11 is 11.9. The number of hydrogen-bond donors (Lipinski definition) is 0. The fourth-order valence-electron chi connectivity index (χ4n) is 1.47. The summed E-state index contributed by atoms with van der Waals surface area (Å²) in [6.07, 6.45) is 1.78. The van der Waals surface area contributed by atoms with Gasteiger partial charge in [0.2, 0.25) is 0 Å². The number of halogens is 2. The molecular formula is C14H11Cl2N. The Morgan fingerprint density at radius 1 is 1.06 bits per heavy atom. The molecule has 0 aliphatic rings. The monoisotopic (exact) mass is 263 g/mol. The van der Waals surface area contributed by atoms with E-state index in [0.717, 1.165) is 21.8 Å². The first-order valence-electron chi connectivity index (χ1n) is 5.21. The summed E-state index contributed by atoms with van der Waals surface area (Å²) in [4.78, 5) is 4.41. The fourth-order valence-corrected chi connectivity index (χ4v) is 1.84. The van der Waals surface area contributed by atoms with Gasteiger partial charge in [0.25, 0.3) is 0 Å². The molecule has 0 spiro atoms. The molecule has 0 aliphatic carbocycles. The first kappa shape index (κ1) is 12.2. The van der Waals surface area contributed by atoms with Gasteiger partial charge < -0.3 is 0 Å². The third-order valence-corrected chi connectivity index (χ3v) is 3.09. The molecule has 2 rings (SSSR count). The van der Waals surface area contributed by atoms with Gasteiger partial charge in [0.05, 0.1) is 5.69 Å². The van der Waals surface area contributed by atoms with Crippen molar-refractivity contribution in [3.63, 3.8) is 0 Å². The fraction of sp³-hybridized carbons (Fsp3) is 0.0714. The average molecular weight is 264 g/mol. The van der Waals surface area contributed by atoms with Crippen LogP contribution in [0.5, 0.6) is 0 Å². The van der Waals surface area contributed by atoms with Gasteiger partial charge in [0, 0.05) is 16.3 Å². The van der Waals surface area contributed by atoms with E-state index in [0.29, 0.717) is 5.02 Å². The Hall–Kier alpha value is -1.31. The summed E-state index contributed by atoms with van der Waals surface area (Å²) in [6.45, 7) is 1.95. The SMILES string of the molecule is Cc1c(Cl)cccc1/N=C/c1cccc(Cl)c1. The molecule has 2 aromatic carbocycles. The number of hydrogen-bond acceptors (Lipinski definition) is 1. The van der Waals surface area contributed by atoms with Crippen LogP contribution in [-0.4, -0.2) is 6.21 Å². The van der Waals surface area contributed by atoms with Crippen molar-refractivity contribution in [1.82, 2.24) is 0 Å². The van der Waals surface area contributed by atoms with Crippen LogP contribution >= 0.6 is 23.2 Å². The lowest BCUT2D eigenvalue weighted by molar-refractivity contribution is 1.40. The minimum atomic E-state index is 0.705. The Kier molecular flexibility index (Phi) is 3.82. The Bertz CT molecular complexity index is 562. The Balaban J connectivity index is 2.29. The highest BCUT2D eigenvalue weighted by atomic mass is 35.5. The molecule has 0 saturated carbocycles. The molecule has 0 fully saturated rings. The lowest BCUT2D eigenvalue weighted by Crippen LogP contribution is -1.81. The maximum absolute atomic E-state index is 6.03. The standard InChI is InChI=1S/C14H11Cl2N/c1-10-13(16)6-3-7-14(10)17-9-11-4-2-5-12(15)8-11/h2-9H,1H3/b17-9+. The Morgan fingerprint density at radius 2 is 1.82 bits per heavy atom. The van der Waals surface area contributed by atoms with Gasteiger partial charge in [-0.2, -0.15) is 0 Å². The summed E-state index contributed by atoms with van der Waals surface area (Å²) in [5, 5.41) is 1.43. The maximum atomic E-state index is 6.03. The highest BCUT2D eigenvalue weighted by Gasteiger charge is 1.99. The molecule has 0 radical (unpaired) electrons. The molecule has 0 heterocycles. The molecule has 0 bridgehead atoms. The van der Waals surface area contributed by atoms with Crippen LogP contribution < -0.4 is 0 Å². The molecule has 0 amide bonds.